The molecule has 15 heavy (non-hydrogen) atoms. The van der Waals surface area contributed by atoms with Crippen LogP contribution in [0.2, 0.25) is 0 Å². The molecule has 0 aromatic heterocycles. The second-order valence-corrected chi connectivity index (χ2v) is 5.08. The first-order valence-corrected chi connectivity index (χ1v) is 5.59. The predicted molar refractivity (Wildman–Crippen MR) is 57.4 cm³/mol. The molecule has 0 amide bonds. The monoisotopic (exact) mass is 212 g/mol. The van der Waals surface area contributed by atoms with Crippen LogP contribution < -0.4 is 0 Å². The topological polar surface area (TPSA) is 49.7 Å². The van der Waals surface area contributed by atoms with Gasteiger partial charge in [-0.1, -0.05) is 19.1 Å². The summed E-state index contributed by atoms with van der Waals surface area (Å²) < 4.78 is 5.59. The van der Waals surface area contributed by atoms with Crippen molar-refractivity contribution in [3.63, 3.8) is 0 Å². The minimum absolute atomic E-state index is 0.0243. The third kappa shape index (κ3) is 1.37. The second kappa shape index (κ2) is 3.58. The summed E-state index contributed by atoms with van der Waals surface area (Å²) in [6.45, 7) is 2.36. The summed E-state index contributed by atoms with van der Waals surface area (Å²) in [5.74, 6) is 0.137. The van der Waals surface area contributed by atoms with Gasteiger partial charge in [0.15, 0.2) is 0 Å². The molecule has 0 saturated heterocycles. The number of ether oxygens (including phenoxy) is 1. The number of methoxy groups -OCH3 is 1. The maximum atomic E-state index is 9.50. The molecule has 0 heterocycles. The molecule has 0 spiro atoms. The Labute approximate surface area is 90.8 Å². The first-order valence-electron chi connectivity index (χ1n) is 5.59. The summed E-state index contributed by atoms with van der Waals surface area (Å²) in [6.07, 6.45) is 6.22. The third-order valence-electron chi connectivity index (χ3n) is 4.53. The van der Waals surface area contributed by atoms with Crippen molar-refractivity contribution in [2.45, 2.75) is 25.4 Å². The van der Waals surface area contributed by atoms with E-state index in [0.717, 1.165) is 12.8 Å². The SMILES string of the molecule is COC12C=CC(C)(CC1)C(CO)C2CO. The second-order valence-electron chi connectivity index (χ2n) is 5.08. The normalized spacial score (nSPS) is 48.5. The van der Waals surface area contributed by atoms with E-state index in [9.17, 15) is 10.2 Å². The molecule has 3 heteroatoms. The lowest BCUT2D eigenvalue weighted by atomic mass is 9.53. The van der Waals surface area contributed by atoms with E-state index in [1.807, 2.05) is 0 Å². The molecule has 3 rings (SSSR count). The minimum atomic E-state index is -0.347. The van der Waals surface area contributed by atoms with Gasteiger partial charge in [0, 0.05) is 26.2 Å². The van der Waals surface area contributed by atoms with Gasteiger partial charge in [-0.05, 0) is 24.2 Å². The summed E-state index contributed by atoms with van der Waals surface area (Å²) in [4.78, 5) is 0. The van der Waals surface area contributed by atoms with Crippen LogP contribution in [0.5, 0.6) is 0 Å². The Morgan fingerprint density at radius 1 is 1.20 bits per heavy atom. The fourth-order valence-electron chi connectivity index (χ4n) is 3.32. The number of aliphatic hydroxyl groups excluding tert-OH is 2. The molecule has 1 fully saturated rings. The molecular formula is C12H20O3. The van der Waals surface area contributed by atoms with Crippen LogP contribution in [-0.4, -0.2) is 36.1 Å². The number of hydrogen-bond donors (Lipinski definition) is 2. The van der Waals surface area contributed by atoms with Crippen LogP contribution in [0.25, 0.3) is 0 Å². The Morgan fingerprint density at radius 3 is 2.27 bits per heavy atom. The molecule has 1 saturated carbocycles. The van der Waals surface area contributed by atoms with Crippen LogP contribution in [-0.2, 0) is 4.74 Å². The zero-order chi connectivity index (χ0) is 11.1. The molecule has 4 unspecified atom stereocenters. The van der Waals surface area contributed by atoms with E-state index in [0.29, 0.717) is 0 Å². The summed E-state index contributed by atoms with van der Waals surface area (Å²) >= 11 is 0. The Bertz CT molecular complexity index is 276. The smallest absolute Gasteiger partial charge is 0.0912 e. The zero-order valence-corrected chi connectivity index (χ0v) is 9.44. The van der Waals surface area contributed by atoms with E-state index in [2.05, 4.69) is 19.1 Å². The Balaban J connectivity index is 2.40. The molecule has 2 N–H and O–H groups in total. The van der Waals surface area contributed by atoms with Crippen molar-refractivity contribution >= 4 is 0 Å². The average Bonchev–Trinajstić information content (AvgIpc) is 2.28. The van der Waals surface area contributed by atoms with Gasteiger partial charge < -0.3 is 14.9 Å². The van der Waals surface area contributed by atoms with Gasteiger partial charge in [-0.15, -0.1) is 0 Å². The maximum absolute atomic E-state index is 9.50. The summed E-state index contributed by atoms with van der Waals surface area (Å²) in [5, 5.41) is 19.0. The molecule has 86 valence electrons. The van der Waals surface area contributed by atoms with Crippen molar-refractivity contribution in [1.29, 1.82) is 0 Å². The van der Waals surface area contributed by atoms with Crippen LogP contribution in [0.4, 0.5) is 0 Å². The minimum Gasteiger partial charge on any atom is -0.396 e. The van der Waals surface area contributed by atoms with E-state index >= 15 is 0 Å². The molecule has 0 radical (unpaired) electrons. The standard InChI is InChI=1S/C12H20O3/c1-11-3-5-12(15-2,6-4-11)10(8-14)9(11)7-13/h3,5,9-10,13-14H,4,6-8H2,1-2H3. The first-order chi connectivity index (χ1) is 7.12. The highest BCUT2D eigenvalue weighted by Crippen LogP contribution is 2.55. The quantitative estimate of drug-likeness (QED) is 0.685. The lowest BCUT2D eigenvalue weighted by molar-refractivity contribution is -0.138. The number of allylic oxidation sites excluding steroid dienone is 1. The lowest BCUT2D eigenvalue weighted by Crippen LogP contribution is -2.57. The highest BCUT2D eigenvalue weighted by molar-refractivity contribution is 5.23. The van der Waals surface area contributed by atoms with Crippen LogP contribution in [0.15, 0.2) is 12.2 Å². The van der Waals surface area contributed by atoms with Crippen molar-refractivity contribution in [3.05, 3.63) is 12.2 Å². The van der Waals surface area contributed by atoms with Crippen molar-refractivity contribution in [2.24, 2.45) is 17.3 Å². The number of rotatable bonds is 3. The molecule has 3 nitrogen and oxygen atoms in total. The van der Waals surface area contributed by atoms with E-state index in [-0.39, 0.29) is 36.1 Å². The van der Waals surface area contributed by atoms with Crippen molar-refractivity contribution in [3.8, 4) is 0 Å². The van der Waals surface area contributed by atoms with E-state index in [1.165, 1.54) is 0 Å². The fraction of sp³-hybridized carbons (Fsp3) is 0.833. The molecular weight excluding hydrogens is 192 g/mol. The van der Waals surface area contributed by atoms with E-state index in [4.69, 9.17) is 4.74 Å². The van der Waals surface area contributed by atoms with Gasteiger partial charge in [0.25, 0.3) is 0 Å². The average molecular weight is 212 g/mol. The Hall–Kier alpha value is -0.380. The predicted octanol–water partition coefficient (Wildman–Crippen LogP) is 0.958. The number of aliphatic hydroxyl groups is 2. The molecule has 0 aromatic carbocycles. The molecule has 3 aliphatic rings. The Kier molecular flexibility index (Phi) is 2.65. The zero-order valence-electron chi connectivity index (χ0n) is 9.44. The van der Waals surface area contributed by atoms with Crippen LogP contribution in [0, 0.1) is 17.3 Å². The van der Waals surface area contributed by atoms with E-state index in [1.54, 1.807) is 7.11 Å². The first kappa shape index (κ1) is 11.1. The molecule has 4 atom stereocenters. The van der Waals surface area contributed by atoms with Crippen molar-refractivity contribution in [2.75, 3.05) is 20.3 Å². The molecule has 2 bridgehead atoms. The van der Waals surface area contributed by atoms with Gasteiger partial charge in [0.1, 0.15) is 0 Å². The van der Waals surface area contributed by atoms with Gasteiger partial charge in [-0.2, -0.15) is 0 Å². The van der Waals surface area contributed by atoms with Gasteiger partial charge in [0.05, 0.1) is 5.60 Å². The van der Waals surface area contributed by atoms with Crippen molar-refractivity contribution < 1.29 is 14.9 Å². The largest absolute Gasteiger partial charge is 0.396 e. The van der Waals surface area contributed by atoms with Crippen LogP contribution in [0.3, 0.4) is 0 Å². The lowest BCUT2D eigenvalue weighted by Gasteiger charge is -2.56. The van der Waals surface area contributed by atoms with E-state index < -0.39 is 0 Å². The molecule has 3 aliphatic carbocycles. The van der Waals surface area contributed by atoms with Gasteiger partial charge in [-0.25, -0.2) is 0 Å². The highest BCUT2D eigenvalue weighted by Gasteiger charge is 2.55. The molecule has 0 aliphatic heterocycles. The molecule has 0 aromatic rings. The van der Waals surface area contributed by atoms with Crippen LogP contribution >= 0.6 is 0 Å². The Morgan fingerprint density at radius 2 is 1.87 bits per heavy atom. The summed E-state index contributed by atoms with van der Waals surface area (Å²) in [5.41, 5.74) is -0.317. The summed E-state index contributed by atoms with van der Waals surface area (Å²) in [7, 11) is 1.69. The third-order valence-corrected chi connectivity index (χ3v) is 4.53. The van der Waals surface area contributed by atoms with Crippen molar-refractivity contribution in [1.82, 2.24) is 0 Å². The van der Waals surface area contributed by atoms with Gasteiger partial charge in [0.2, 0.25) is 0 Å². The van der Waals surface area contributed by atoms with Gasteiger partial charge in [-0.3, -0.25) is 0 Å². The maximum Gasteiger partial charge on any atom is 0.0912 e. The van der Waals surface area contributed by atoms with Crippen LogP contribution in [0.1, 0.15) is 19.8 Å². The summed E-state index contributed by atoms with van der Waals surface area (Å²) in [6, 6.07) is 0. The fourth-order valence-corrected chi connectivity index (χ4v) is 3.32. The highest BCUT2D eigenvalue weighted by atomic mass is 16.5. The number of fused-ring (bicyclic) bond motifs is 2. The number of hydrogen-bond acceptors (Lipinski definition) is 3. The van der Waals surface area contributed by atoms with Gasteiger partial charge >= 0.3 is 0 Å².